The fourth-order valence-corrected chi connectivity index (χ4v) is 2.77. The number of alkyl halides is 3. The summed E-state index contributed by atoms with van der Waals surface area (Å²) in [6.45, 7) is 0.537. The summed E-state index contributed by atoms with van der Waals surface area (Å²) in [5.41, 5.74) is -1.93. The first kappa shape index (κ1) is 17.3. The predicted molar refractivity (Wildman–Crippen MR) is 76.9 cm³/mol. The zero-order valence-electron chi connectivity index (χ0n) is 12.8. The lowest BCUT2D eigenvalue weighted by molar-refractivity contribution is -0.138. The van der Waals surface area contributed by atoms with E-state index in [1.807, 2.05) is 0 Å². The van der Waals surface area contributed by atoms with E-state index in [4.69, 9.17) is 4.74 Å². The first-order valence-corrected chi connectivity index (χ1v) is 7.48. The highest BCUT2D eigenvalue weighted by atomic mass is 19.4. The molecule has 6 nitrogen and oxygen atoms in total. The first-order chi connectivity index (χ1) is 11.9. The number of rotatable bonds is 4. The number of ether oxygens (including phenoxy) is 1. The quantitative estimate of drug-likeness (QED) is 0.823. The van der Waals surface area contributed by atoms with Gasteiger partial charge in [0.2, 0.25) is 0 Å². The van der Waals surface area contributed by atoms with Crippen molar-refractivity contribution in [3.05, 3.63) is 47.3 Å². The third kappa shape index (κ3) is 3.78. The summed E-state index contributed by atoms with van der Waals surface area (Å²) in [7, 11) is 0. The molecule has 0 bridgehead atoms. The summed E-state index contributed by atoms with van der Waals surface area (Å²) < 4.78 is 57.6. The highest BCUT2D eigenvalue weighted by Crippen LogP contribution is 2.34. The lowest BCUT2D eigenvalue weighted by atomic mass is 10.0. The number of H-pyrrole nitrogens is 1. The summed E-state index contributed by atoms with van der Waals surface area (Å²) in [6.07, 6.45) is -3.31. The van der Waals surface area contributed by atoms with Crippen molar-refractivity contribution in [2.75, 3.05) is 13.2 Å². The van der Waals surface area contributed by atoms with E-state index < -0.39 is 35.1 Å². The van der Waals surface area contributed by atoms with Crippen molar-refractivity contribution in [1.29, 1.82) is 0 Å². The highest BCUT2D eigenvalue weighted by Gasteiger charge is 2.36. The Balaban J connectivity index is 1.71. The van der Waals surface area contributed by atoms with Gasteiger partial charge in [0.25, 0.3) is 5.91 Å². The maximum Gasteiger partial charge on any atom is 0.417 e. The second-order valence-electron chi connectivity index (χ2n) is 5.61. The van der Waals surface area contributed by atoms with Gasteiger partial charge in [-0.25, -0.2) is 9.37 Å². The summed E-state index contributed by atoms with van der Waals surface area (Å²) >= 11 is 0. The Labute approximate surface area is 139 Å². The molecule has 134 valence electrons. The van der Waals surface area contributed by atoms with E-state index >= 15 is 0 Å². The Morgan fingerprint density at radius 2 is 2.20 bits per heavy atom. The maximum absolute atomic E-state index is 13.1. The molecule has 10 heteroatoms. The molecule has 0 saturated carbocycles. The van der Waals surface area contributed by atoms with Gasteiger partial charge in [0.15, 0.2) is 5.82 Å². The smallest absolute Gasteiger partial charge is 0.370 e. The molecule has 0 spiro atoms. The molecule has 0 radical (unpaired) electrons. The summed E-state index contributed by atoms with van der Waals surface area (Å²) in [6, 6.07) is 1.96. The largest absolute Gasteiger partial charge is 0.417 e. The van der Waals surface area contributed by atoms with Crippen LogP contribution in [0.25, 0.3) is 0 Å². The van der Waals surface area contributed by atoms with Crippen LogP contribution in [-0.2, 0) is 10.9 Å². The van der Waals surface area contributed by atoms with Gasteiger partial charge in [0, 0.05) is 19.1 Å². The van der Waals surface area contributed by atoms with Gasteiger partial charge in [-0.3, -0.25) is 9.89 Å². The Hall–Kier alpha value is -2.49. The van der Waals surface area contributed by atoms with Crippen LogP contribution in [0.5, 0.6) is 0 Å². The molecular formula is C15H14F4N4O2. The van der Waals surface area contributed by atoms with Crippen LogP contribution in [0.15, 0.2) is 24.5 Å². The van der Waals surface area contributed by atoms with Gasteiger partial charge < -0.3 is 10.1 Å². The molecule has 1 aromatic carbocycles. The van der Waals surface area contributed by atoms with Gasteiger partial charge in [-0.1, -0.05) is 0 Å². The Bertz CT molecular complexity index is 748. The molecule has 1 aliphatic rings. The Kier molecular flexibility index (Phi) is 4.71. The molecule has 1 amide bonds. The number of aromatic nitrogens is 3. The monoisotopic (exact) mass is 358 g/mol. The minimum absolute atomic E-state index is 0.0961. The predicted octanol–water partition coefficient (Wildman–Crippen LogP) is 2.47. The molecule has 0 unspecified atom stereocenters. The third-order valence-electron chi connectivity index (χ3n) is 3.97. The first-order valence-electron chi connectivity index (χ1n) is 7.48. The van der Waals surface area contributed by atoms with Gasteiger partial charge in [0.05, 0.1) is 11.1 Å². The standard InChI is InChI=1S/C15H14F4N4O2/c16-9-1-2-10(11(5-9)15(17,18)19)14(24)20-6-8-3-4-25-12(8)13-21-7-22-23-13/h1-2,5,7-8,12H,3-4,6H2,(H,20,24)(H,21,22,23)/t8-,12-/m0/s1. The van der Waals surface area contributed by atoms with E-state index in [0.717, 1.165) is 12.1 Å². The van der Waals surface area contributed by atoms with Crippen LogP contribution in [0.3, 0.4) is 0 Å². The number of nitrogens with zero attached hydrogens (tertiary/aromatic N) is 2. The zero-order valence-corrected chi connectivity index (χ0v) is 12.8. The van der Waals surface area contributed by atoms with Gasteiger partial charge in [0.1, 0.15) is 18.2 Å². The number of hydrogen-bond acceptors (Lipinski definition) is 4. The number of carbonyl (C=O) groups is 1. The molecule has 0 aliphatic carbocycles. The van der Waals surface area contributed by atoms with E-state index in [9.17, 15) is 22.4 Å². The Morgan fingerprint density at radius 1 is 1.40 bits per heavy atom. The molecule has 1 saturated heterocycles. The highest BCUT2D eigenvalue weighted by molar-refractivity contribution is 5.95. The SMILES string of the molecule is O=C(NC[C@@H]1CCO[C@@H]1c1ncn[nH]1)c1ccc(F)cc1C(F)(F)F. The minimum Gasteiger partial charge on any atom is -0.370 e. The number of amides is 1. The number of hydrogen-bond donors (Lipinski definition) is 2. The fourth-order valence-electron chi connectivity index (χ4n) is 2.77. The summed E-state index contributed by atoms with van der Waals surface area (Å²) in [5.74, 6) is -1.64. The maximum atomic E-state index is 13.1. The van der Waals surface area contributed by atoms with E-state index in [1.54, 1.807) is 0 Å². The number of benzene rings is 1. The summed E-state index contributed by atoms with van der Waals surface area (Å²) in [5, 5.41) is 8.86. The molecule has 2 N–H and O–H groups in total. The van der Waals surface area contributed by atoms with E-state index in [-0.39, 0.29) is 12.5 Å². The van der Waals surface area contributed by atoms with Gasteiger partial charge in [-0.2, -0.15) is 18.3 Å². The van der Waals surface area contributed by atoms with E-state index in [2.05, 4.69) is 20.5 Å². The van der Waals surface area contributed by atoms with Crippen LogP contribution in [0, 0.1) is 11.7 Å². The molecule has 2 aromatic rings. The van der Waals surface area contributed by atoms with Gasteiger partial charge in [-0.15, -0.1) is 0 Å². The number of aromatic amines is 1. The topological polar surface area (TPSA) is 79.9 Å². The van der Waals surface area contributed by atoms with Crippen molar-refractivity contribution < 1.29 is 27.1 Å². The van der Waals surface area contributed by atoms with Crippen LogP contribution >= 0.6 is 0 Å². The van der Waals surface area contributed by atoms with Gasteiger partial charge >= 0.3 is 6.18 Å². The third-order valence-corrected chi connectivity index (χ3v) is 3.97. The summed E-state index contributed by atoms with van der Waals surface area (Å²) in [4.78, 5) is 16.2. The van der Waals surface area contributed by atoms with Crippen LogP contribution in [0.4, 0.5) is 17.6 Å². The van der Waals surface area contributed by atoms with Crippen molar-refractivity contribution in [3.8, 4) is 0 Å². The molecule has 3 rings (SSSR count). The van der Waals surface area contributed by atoms with Crippen LogP contribution in [0.2, 0.25) is 0 Å². The lowest BCUT2D eigenvalue weighted by Gasteiger charge is -2.18. The van der Waals surface area contributed by atoms with Crippen molar-refractivity contribution >= 4 is 5.91 Å². The van der Waals surface area contributed by atoms with Crippen molar-refractivity contribution in [1.82, 2.24) is 20.5 Å². The molecule has 2 heterocycles. The van der Waals surface area contributed by atoms with E-state index in [0.29, 0.717) is 24.9 Å². The normalized spacial score (nSPS) is 20.6. The molecular weight excluding hydrogens is 344 g/mol. The zero-order chi connectivity index (χ0) is 18.0. The molecule has 1 aromatic heterocycles. The average Bonchev–Trinajstić information content (AvgIpc) is 3.22. The molecule has 25 heavy (non-hydrogen) atoms. The van der Waals surface area contributed by atoms with Gasteiger partial charge in [-0.05, 0) is 24.6 Å². The number of halogens is 4. The lowest BCUT2D eigenvalue weighted by Crippen LogP contribution is -2.32. The fraction of sp³-hybridized carbons (Fsp3) is 0.400. The molecule has 1 aliphatic heterocycles. The Morgan fingerprint density at radius 3 is 2.88 bits per heavy atom. The number of carbonyl (C=O) groups excluding carboxylic acids is 1. The van der Waals surface area contributed by atoms with Crippen molar-refractivity contribution in [2.45, 2.75) is 18.7 Å². The van der Waals surface area contributed by atoms with Crippen LogP contribution < -0.4 is 5.32 Å². The van der Waals surface area contributed by atoms with Crippen LogP contribution in [0.1, 0.15) is 34.3 Å². The second-order valence-corrected chi connectivity index (χ2v) is 5.61. The minimum atomic E-state index is -4.83. The van der Waals surface area contributed by atoms with Crippen LogP contribution in [-0.4, -0.2) is 34.2 Å². The molecule has 2 atom stereocenters. The second kappa shape index (κ2) is 6.79. The number of nitrogens with one attached hydrogen (secondary N) is 2. The van der Waals surface area contributed by atoms with Crippen molar-refractivity contribution in [3.63, 3.8) is 0 Å². The average molecular weight is 358 g/mol. The van der Waals surface area contributed by atoms with E-state index in [1.165, 1.54) is 6.33 Å². The van der Waals surface area contributed by atoms with Crippen molar-refractivity contribution in [2.24, 2.45) is 5.92 Å². The molecule has 1 fully saturated rings.